The van der Waals surface area contributed by atoms with Gasteiger partial charge in [0.1, 0.15) is 0 Å². The fourth-order valence-corrected chi connectivity index (χ4v) is 3.86. The molecule has 0 atom stereocenters. The van der Waals surface area contributed by atoms with E-state index in [4.69, 9.17) is 0 Å². The average Bonchev–Trinajstić information content (AvgIpc) is 2.49. The third-order valence-corrected chi connectivity index (χ3v) is 6.12. The second kappa shape index (κ2) is 7.42. The number of carbonyl (C=O) groups is 1. The van der Waals surface area contributed by atoms with Gasteiger partial charge in [-0.05, 0) is 56.5 Å². The zero-order chi connectivity index (χ0) is 17.0. The molecule has 128 valence electrons. The molecule has 6 nitrogen and oxygen atoms in total. The summed E-state index contributed by atoms with van der Waals surface area (Å²) < 4.78 is 25.8. The van der Waals surface area contributed by atoms with Gasteiger partial charge in [0.2, 0.25) is 15.9 Å². The molecule has 0 spiro atoms. The van der Waals surface area contributed by atoms with E-state index in [2.05, 4.69) is 10.6 Å². The van der Waals surface area contributed by atoms with Crippen LogP contribution in [0, 0.1) is 12.8 Å². The van der Waals surface area contributed by atoms with Gasteiger partial charge in [0.05, 0.1) is 4.90 Å². The van der Waals surface area contributed by atoms with Gasteiger partial charge in [-0.2, -0.15) is 0 Å². The van der Waals surface area contributed by atoms with E-state index in [-0.39, 0.29) is 10.8 Å². The van der Waals surface area contributed by atoms with Crippen LogP contribution in [0.1, 0.15) is 24.8 Å². The number of piperidine rings is 1. The Morgan fingerprint density at radius 3 is 2.57 bits per heavy atom. The molecule has 23 heavy (non-hydrogen) atoms. The van der Waals surface area contributed by atoms with E-state index < -0.39 is 10.0 Å². The molecule has 1 fully saturated rings. The molecule has 0 aromatic heterocycles. The number of benzene rings is 1. The highest BCUT2D eigenvalue weighted by atomic mass is 32.2. The van der Waals surface area contributed by atoms with Crippen molar-refractivity contribution in [3.8, 4) is 0 Å². The van der Waals surface area contributed by atoms with E-state index in [1.807, 2.05) is 0 Å². The van der Waals surface area contributed by atoms with Crippen LogP contribution in [0.2, 0.25) is 0 Å². The van der Waals surface area contributed by atoms with E-state index in [1.165, 1.54) is 24.5 Å². The van der Waals surface area contributed by atoms with Crippen molar-refractivity contribution < 1.29 is 13.2 Å². The van der Waals surface area contributed by atoms with Crippen molar-refractivity contribution in [1.29, 1.82) is 0 Å². The number of aryl methyl sites for hydroxylation is 1. The number of nitrogens with zero attached hydrogens (tertiary/aromatic N) is 1. The van der Waals surface area contributed by atoms with Gasteiger partial charge < -0.3 is 10.6 Å². The lowest BCUT2D eigenvalue weighted by atomic mass is 9.94. The van der Waals surface area contributed by atoms with Gasteiger partial charge >= 0.3 is 0 Å². The van der Waals surface area contributed by atoms with Crippen molar-refractivity contribution in [2.24, 2.45) is 5.92 Å². The minimum atomic E-state index is -3.52. The minimum Gasteiger partial charge on any atom is -0.326 e. The predicted octanol–water partition coefficient (Wildman–Crippen LogP) is 1.57. The highest BCUT2D eigenvalue weighted by Crippen LogP contribution is 2.23. The molecule has 0 aliphatic carbocycles. The number of rotatable bonds is 5. The molecule has 1 saturated heterocycles. The maximum absolute atomic E-state index is 12.3. The van der Waals surface area contributed by atoms with E-state index in [0.717, 1.165) is 25.9 Å². The highest BCUT2D eigenvalue weighted by Gasteiger charge is 2.21. The van der Waals surface area contributed by atoms with Crippen LogP contribution in [0.15, 0.2) is 23.1 Å². The molecule has 0 saturated carbocycles. The normalized spacial score (nSPS) is 16.5. The van der Waals surface area contributed by atoms with Crippen LogP contribution in [-0.2, 0) is 14.8 Å². The minimum absolute atomic E-state index is 0.0612. The molecule has 2 N–H and O–H groups in total. The quantitative estimate of drug-likeness (QED) is 0.854. The summed E-state index contributed by atoms with van der Waals surface area (Å²) in [5, 5.41) is 6.10. The van der Waals surface area contributed by atoms with Gasteiger partial charge in [-0.1, -0.05) is 6.07 Å². The number of sulfonamides is 1. The molecular formula is C16H25N3O3S. The predicted molar refractivity (Wildman–Crippen MR) is 90.9 cm³/mol. The molecule has 0 bridgehead atoms. The second-order valence-corrected chi connectivity index (χ2v) is 8.33. The molecule has 7 heteroatoms. The summed E-state index contributed by atoms with van der Waals surface area (Å²) in [4.78, 5) is 12.4. The number of carbonyl (C=O) groups excluding carboxylic acids is 1. The Hall–Kier alpha value is -1.44. The number of amides is 1. The van der Waals surface area contributed by atoms with E-state index >= 15 is 0 Å². The third kappa shape index (κ3) is 4.53. The fourth-order valence-electron chi connectivity index (χ4n) is 2.71. The van der Waals surface area contributed by atoms with Crippen molar-refractivity contribution in [2.45, 2.75) is 31.1 Å². The van der Waals surface area contributed by atoms with Crippen LogP contribution in [-0.4, -0.2) is 45.8 Å². The Morgan fingerprint density at radius 1 is 1.30 bits per heavy atom. The molecule has 1 aromatic carbocycles. The summed E-state index contributed by atoms with van der Waals surface area (Å²) in [6.07, 6.45) is 2.48. The van der Waals surface area contributed by atoms with Gasteiger partial charge in [0.25, 0.3) is 0 Å². The lowest BCUT2D eigenvalue weighted by Crippen LogP contribution is -2.30. The summed E-state index contributed by atoms with van der Waals surface area (Å²) in [7, 11) is -0.525. The molecule has 1 amide bonds. The standard InChI is InChI=1S/C16H25N3O3S/c1-12-4-5-14(11-15(12)23(21,22)19(2)3)18-16(20)10-13-6-8-17-9-7-13/h4-5,11,13,17H,6-10H2,1-3H3,(H,18,20). The molecule has 1 heterocycles. The first-order valence-corrected chi connectivity index (χ1v) is 9.28. The Morgan fingerprint density at radius 2 is 1.96 bits per heavy atom. The monoisotopic (exact) mass is 339 g/mol. The second-order valence-electron chi connectivity index (χ2n) is 6.21. The molecule has 0 unspecified atom stereocenters. The van der Waals surface area contributed by atoms with E-state index in [9.17, 15) is 13.2 Å². The van der Waals surface area contributed by atoms with Crippen molar-refractivity contribution in [1.82, 2.24) is 9.62 Å². The number of hydrogen-bond acceptors (Lipinski definition) is 4. The first kappa shape index (κ1) is 17.9. The summed E-state index contributed by atoms with van der Waals surface area (Å²) >= 11 is 0. The Labute approximate surface area is 138 Å². The molecule has 1 aromatic rings. The zero-order valence-electron chi connectivity index (χ0n) is 13.9. The van der Waals surface area contributed by atoms with Crippen LogP contribution in [0.25, 0.3) is 0 Å². The first-order valence-electron chi connectivity index (χ1n) is 7.84. The Balaban J connectivity index is 2.10. The van der Waals surface area contributed by atoms with Crippen molar-refractivity contribution >= 4 is 21.6 Å². The van der Waals surface area contributed by atoms with Crippen molar-refractivity contribution in [3.63, 3.8) is 0 Å². The largest absolute Gasteiger partial charge is 0.326 e. The van der Waals surface area contributed by atoms with Crippen LogP contribution >= 0.6 is 0 Å². The van der Waals surface area contributed by atoms with Gasteiger partial charge in [0, 0.05) is 26.2 Å². The van der Waals surface area contributed by atoms with Crippen LogP contribution in [0.5, 0.6) is 0 Å². The fraction of sp³-hybridized carbons (Fsp3) is 0.562. The lowest BCUT2D eigenvalue weighted by Gasteiger charge is -2.22. The first-order chi connectivity index (χ1) is 10.8. The van der Waals surface area contributed by atoms with Gasteiger partial charge in [-0.25, -0.2) is 12.7 Å². The molecule has 2 rings (SSSR count). The number of anilines is 1. The van der Waals surface area contributed by atoms with E-state index in [1.54, 1.807) is 19.1 Å². The summed E-state index contributed by atoms with van der Waals surface area (Å²) in [5.41, 5.74) is 1.19. The summed E-state index contributed by atoms with van der Waals surface area (Å²) in [6.45, 7) is 3.65. The Bertz CT molecular complexity index is 665. The molecule has 0 radical (unpaired) electrons. The van der Waals surface area contributed by atoms with Crippen LogP contribution in [0.3, 0.4) is 0 Å². The lowest BCUT2D eigenvalue weighted by molar-refractivity contribution is -0.117. The number of hydrogen-bond donors (Lipinski definition) is 2. The maximum Gasteiger partial charge on any atom is 0.242 e. The van der Waals surface area contributed by atoms with E-state index in [0.29, 0.717) is 23.6 Å². The summed E-state index contributed by atoms with van der Waals surface area (Å²) in [5.74, 6) is 0.334. The van der Waals surface area contributed by atoms with Gasteiger partial charge in [-0.3, -0.25) is 4.79 Å². The topological polar surface area (TPSA) is 78.5 Å². The Kier molecular flexibility index (Phi) is 5.78. The highest BCUT2D eigenvalue weighted by molar-refractivity contribution is 7.89. The number of nitrogens with one attached hydrogen (secondary N) is 2. The molecular weight excluding hydrogens is 314 g/mol. The van der Waals surface area contributed by atoms with Gasteiger partial charge in [0.15, 0.2) is 0 Å². The summed E-state index contributed by atoms with van der Waals surface area (Å²) in [6, 6.07) is 4.99. The maximum atomic E-state index is 12.3. The third-order valence-electron chi connectivity index (χ3n) is 4.16. The molecule has 1 aliphatic heterocycles. The molecule has 1 aliphatic rings. The average molecular weight is 339 g/mol. The smallest absolute Gasteiger partial charge is 0.242 e. The van der Waals surface area contributed by atoms with Crippen LogP contribution < -0.4 is 10.6 Å². The zero-order valence-corrected chi connectivity index (χ0v) is 14.7. The van der Waals surface area contributed by atoms with Crippen LogP contribution in [0.4, 0.5) is 5.69 Å². The van der Waals surface area contributed by atoms with Gasteiger partial charge in [-0.15, -0.1) is 0 Å². The van der Waals surface area contributed by atoms with Crippen molar-refractivity contribution in [2.75, 3.05) is 32.5 Å². The van der Waals surface area contributed by atoms with Crippen molar-refractivity contribution in [3.05, 3.63) is 23.8 Å². The SMILES string of the molecule is Cc1ccc(NC(=O)CC2CCNCC2)cc1S(=O)(=O)N(C)C.